The van der Waals surface area contributed by atoms with Crippen molar-refractivity contribution in [1.29, 1.82) is 0 Å². The Morgan fingerprint density at radius 3 is 2.34 bits per heavy atom. The quantitative estimate of drug-likeness (QED) is 0.687. The van der Waals surface area contributed by atoms with Crippen LogP contribution >= 0.6 is 0 Å². The number of anilines is 1. The molecule has 0 atom stereocenters. The number of piperidine rings is 1. The first-order valence-corrected chi connectivity index (χ1v) is 10.1. The summed E-state index contributed by atoms with van der Waals surface area (Å²) < 4.78 is 1.79. The van der Waals surface area contributed by atoms with Crippen LogP contribution in [0.5, 0.6) is 0 Å². The van der Waals surface area contributed by atoms with Crippen molar-refractivity contribution in [1.82, 2.24) is 25.1 Å². The molecule has 0 unspecified atom stereocenters. The largest absolute Gasteiger partial charge is 0.339 e. The van der Waals surface area contributed by atoms with Crippen LogP contribution in [-0.4, -0.2) is 50.6 Å². The zero-order valence-electron chi connectivity index (χ0n) is 16.3. The number of tetrazole rings is 1. The molecule has 7 nitrogen and oxygen atoms in total. The van der Waals surface area contributed by atoms with E-state index in [0.29, 0.717) is 13.0 Å². The number of carbonyl (C=O) groups is 1. The number of hydrogen-bond donors (Lipinski definition) is 0. The number of rotatable bonds is 4. The fraction of sp³-hybridized carbons (Fsp3) is 0.364. The lowest BCUT2D eigenvalue weighted by molar-refractivity contribution is -0.128. The third-order valence-corrected chi connectivity index (χ3v) is 6.18. The van der Waals surface area contributed by atoms with Crippen molar-refractivity contribution in [2.45, 2.75) is 25.8 Å². The minimum absolute atomic E-state index is 0.0768. The van der Waals surface area contributed by atoms with Crippen molar-refractivity contribution in [2.75, 3.05) is 24.5 Å². The van der Waals surface area contributed by atoms with E-state index in [1.165, 1.54) is 5.56 Å². The molecule has 2 aliphatic heterocycles. The maximum Gasteiger partial charge on any atom is 0.250 e. The Labute approximate surface area is 169 Å². The molecule has 7 heteroatoms. The molecule has 2 aliphatic rings. The van der Waals surface area contributed by atoms with Gasteiger partial charge in [-0.1, -0.05) is 53.6 Å². The van der Waals surface area contributed by atoms with Gasteiger partial charge in [-0.2, -0.15) is 4.68 Å². The summed E-state index contributed by atoms with van der Waals surface area (Å²) >= 11 is 0. The van der Waals surface area contributed by atoms with Gasteiger partial charge in [0.05, 0.1) is 5.69 Å². The summed E-state index contributed by atoms with van der Waals surface area (Å²) in [7, 11) is 0. The molecule has 0 aliphatic carbocycles. The summed E-state index contributed by atoms with van der Waals surface area (Å²) in [6.45, 7) is 3.27. The molecule has 1 amide bonds. The molecule has 3 heterocycles. The summed E-state index contributed by atoms with van der Waals surface area (Å²) in [6, 6.07) is 20.2. The zero-order valence-corrected chi connectivity index (χ0v) is 16.3. The molecular formula is C22H24N6O. The van der Waals surface area contributed by atoms with Crippen molar-refractivity contribution in [3.8, 4) is 5.69 Å². The van der Waals surface area contributed by atoms with Crippen LogP contribution in [0.2, 0.25) is 0 Å². The molecule has 29 heavy (non-hydrogen) atoms. The molecule has 148 valence electrons. The normalized spacial score (nSPS) is 18.6. The van der Waals surface area contributed by atoms with Crippen LogP contribution in [0.4, 0.5) is 5.95 Å². The number of carbonyl (C=O) groups excluding carboxylic acids is 1. The molecule has 2 aromatic carbocycles. The second-order valence-electron chi connectivity index (χ2n) is 8.13. The molecule has 1 aromatic heterocycles. The highest BCUT2D eigenvalue weighted by atomic mass is 16.2. The first-order valence-electron chi connectivity index (χ1n) is 10.1. The van der Waals surface area contributed by atoms with Crippen molar-refractivity contribution < 1.29 is 4.79 Å². The van der Waals surface area contributed by atoms with Gasteiger partial charge in [-0.3, -0.25) is 4.79 Å². The number of hydrogen-bond acceptors (Lipinski definition) is 5. The van der Waals surface area contributed by atoms with Crippen molar-refractivity contribution in [3.63, 3.8) is 0 Å². The van der Waals surface area contributed by atoms with Gasteiger partial charge in [-0.05, 0) is 41.0 Å². The van der Waals surface area contributed by atoms with E-state index < -0.39 is 0 Å². The van der Waals surface area contributed by atoms with Crippen LogP contribution in [0.1, 0.15) is 24.8 Å². The van der Waals surface area contributed by atoms with E-state index in [0.717, 1.165) is 44.1 Å². The van der Waals surface area contributed by atoms with Gasteiger partial charge in [0, 0.05) is 38.0 Å². The predicted octanol–water partition coefficient (Wildman–Crippen LogP) is 2.68. The van der Waals surface area contributed by atoms with E-state index in [2.05, 4.69) is 32.6 Å². The molecule has 0 bridgehead atoms. The van der Waals surface area contributed by atoms with Gasteiger partial charge in [0.1, 0.15) is 0 Å². The molecule has 5 rings (SSSR count). The Morgan fingerprint density at radius 2 is 1.62 bits per heavy atom. The SMILES string of the molecule is O=C1CC2(CCN(c3nnnn3-c3ccccc3)CC2)CN1Cc1ccccc1. The molecule has 3 aromatic rings. The first-order chi connectivity index (χ1) is 14.2. The Hall–Kier alpha value is -3.22. The Balaban J connectivity index is 1.27. The van der Waals surface area contributed by atoms with E-state index in [9.17, 15) is 4.79 Å². The summed E-state index contributed by atoms with van der Waals surface area (Å²) in [5, 5.41) is 12.3. The van der Waals surface area contributed by atoms with E-state index in [4.69, 9.17) is 0 Å². The lowest BCUT2D eigenvalue weighted by Gasteiger charge is -2.38. The van der Waals surface area contributed by atoms with Gasteiger partial charge in [-0.15, -0.1) is 0 Å². The first kappa shape index (κ1) is 17.8. The zero-order chi connectivity index (χ0) is 19.7. The van der Waals surface area contributed by atoms with Gasteiger partial charge in [0.25, 0.3) is 0 Å². The van der Waals surface area contributed by atoms with E-state index in [1.807, 2.05) is 53.4 Å². The fourth-order valence-electron chi connectivity index (χ4n) is 4.56. The van der Waals surface area contributed by atoms with E-state index in [-0.39, 0.29) is 11.3 Å². The Morgan fingerprint density at radius 1 is 0.931 bits per heavy atom. The maximum atomic E-state index is 12.7. The number of para-hydroxylation sites is 1. The summed E-state index contributed by atoms with van der Waals surface area (Å²) in [5.74, 6) is 1.05. The van der Waals surface area contributed by atoms with Crippen LogP contribution in [-0.2, 0) is 11.3 Å². The van der Waals surface area contributed by atoms with Crippen LogP contribution in [0.3, 0.4) is 0 Å². The van der Waals surface area contributed by atoms with E-state index in [1.54, 1.807) is 4.68 Å². The second-order valence-corrected chi connectivity index (χ2v) is 8.13. The predicted molar refractivity (Wildman–Crippen MR) is 110 cm³/mol. The van der Waals surface area contributed by atoms with Crippen molar-refractivity contribution in [2.24, 2.45) is 5.41 Å². The average molecular weight is 388 g/mol. The maximum absolute atomic E-state index is 12.7. The van der Waals surface area contributed by atoms with Gasteiger partial charge < -0.3 is 9.80 Å². The van der Waals surface area contributed by atoms with Crippen LogP contribution < -0.4 is 4.90 Å². The third kappa shape index (κ3) is 3.48. The number of aromatic nitrogens is 4. The number of amides is 1. The third-order valence-electron chi connectivity index (χ3n) is 6.18. The molecule has 2 fully saturated rings. The second kappa shape index (κ2) is 7.31. The molecule has 0 radical (unpaired) electrons. The number of nitrogens with zero attached hydrogens (tertiary/aromatic N) is 6. The molecule has 2 saturated heterocycles. The minimum Gasteiger partial charge on any atom is -0.339 e. The molecular weight excluding hydrogens is 364 g/mol. The summed E-state index contributed by atoms with van der Waals surface area (Å²) in [5.41, 5.74) is 2.23. The number of benzene rings is 2. The smallest absolute Gasteiger partial charge is 0.250 e. The van der Waals surface area contributed by atoms with Crippen LogP contribution in [0.15, 0.2) is 60.7 Å². The lowest BCUT2D eigenvalue weighted by atomic mass is 9.77. The van der Waals surface area contributed by atoms with Gasteiger partial charge in [0.15, 0.2) is 0 Å². The highest BCUT2D eigenvalue weighted by molar-refractivity contribution is 5.79. The lowest BCUT2D eigenvalue weighted by Crippen LogP contribution is -2.42. The molecule has 0 saturated carbocycles. The topological polar surface area (TPSA) is 67.2 Å². The van der Waals surface area contributed by atoms with Crippen molar-refractivity contribution in [3.05, 3.63) is 66.2 Å². The van der Waals surface area contributed by atoms with Gasteiger partial charge in [-0.25, -0.2) is 0 Å². The van der Waals surface area contributed by atoms with Crippen molar-refractivity contribution >= 4 is 11.9 Å². The van der Waals surface area contributed by atoms with Crippen LogP contribution in [0, 0.1) is 5.41 Å². The van der Waals surface area contributed by atoms with Crippen LogP contribution in [0.25, 0.3) is 5.69 Å². The average Bonchev–Trinajstić information content (AvgIpc) is 3.35. The standard InChI is InChI=1S/C22H24N6O/c29-20-15-22(17-27(20)16-18-7-3-1-4-8-18)11-13-26(14-12-22)21-23-24-25-28(21)19-9-5-2-6-10-19/h1-10H,11-17H2. The number of likely N-dealkylation sites (tertiary alicyclic amines) is 1. The van der Waals surface area contributed by atoms with Gasteiger partial charge in [0.2, 0.25) is 11.9 Å². The summed E-state index contributed by atoms with van der Waals surface area (Å²) in [6.07, 6.45) is 2.61. The minimum atomic E-state index is 0.0768. The molecule has 0 N–H and O–H groups in total. The Kier molecular flexibility index (Phi) is 4.50. The van der Waals surface area contributed by atoms with Gasteiger partial charge >= 0.3 is 0 Å². The summed E-state index contributed by atoms with van der Waals surface area (Å²) in [4.78, 5) is 16.9. The highest BCUT2D eigenvalue weighted by Crippen LogP contribution is 2.42. The highest BCUT2D eigenvalue weighted by Gasteiger charge is 2.45. The Bertz CT molecular complexity index is 979. The van der Waals surface area contributed by atoms with E-state index >= 15 is 0 Å². The fourth-order valence-corrected chi connectivity index (χ4v) is 4.56. The molecule has 1 spiro atoms. The monoisotopic (exact) mass is 388 g/mol.